The summed E-state index contributed by atoms with van der Waals surface area (Å²) in [6, 6.07) is 3.58. The molecule has 15 heavy (non-hydrogen) atoms. The van der Waals surface area contributed by atoms with E-state index >= 15 is 0 Å². The van der Waals surface area contributed by atoms with E-state index in [2.05, 4.69) is 15.3 Å². The molecule has 0 aromatic carbocycles. The highest BCUT2D eigenvalue weighted by molar-refractivity contribution is 5.92. The number of rotatable bonds is 5. The number of aryl methyl sites for hydroxylation is 1. The van der Waals surface area contributed by atoms with E-state index in [4.69, 9.17) is 5.53 Å². The third-order valence-corrected chi connectivity index (χ3v) is 1.96. The number of amides is 1. The highest BCUT2D eigenvalue weighted by Gasteiger charge is 2.07. The molecule has 0 fully saturated rings. The fourth-order valence-electron chi connectivity index (χ4n) is 1.25. The maximum absolute atomic E-state index is 11.6. The first-order chi connectivity index (χ1) is 7.29. The summed E-state index contributed by atoms with van der Waals surface area (Å²) in [5.74, 6) is -0.144. The standard InChI is InChI=1S/C9H13N5O/c1-2-14-7-3-4-8(14)9(15)11-5-6-12-13-10/h3-4,7H,2,5-6H2,1H3,(H,11,15). The summed E-state index contributed by atoms with van der Waals surface area (Å²) < 4.78 is 1.85. The zero-order chi connectivity index (χ0) is 11.1. The predicted octanol–water partition coefficient (Wildman–Crippen LogP) is 1.55. The van der Waals surface area contributed by atoms with Crippen molar-refractivity contribution in [1.82, 2.24) is 9.88 Å². The Balaban J connectivity index is 2.50. The van der Waals surface area contributed by atoms with E-state index in [1.165, 1.54) is 0 Å². The van der Waals surface area contributed by atoms with Crippen LogP contribution in [0.4, 0.5) is 0 Å². The molecule has 0 aliphatic heterocycles. The fraction of sp³-hybridized carbons (Fsp3) is 0.444. The third-order valence-electron chi connectivity index (χ3n) is 1.96. The summed E-state index contributed by atoms with van der Waals surface area (Å²) in [5, 5.41) is 6.00. The first kappa shape index (κ1) is 11.1. The highest BCUT2D eigenvalue weighted by atomic mass is 16.1. The average Bonchev–Trinajstić information content (AvgIpc) is 2.72. The number of hydrogen-bond donors (Lipinski definition) is 1. The van der Waals surface area contributed by atoms with Crippen LogP contribution in [-0.2, 0) is 6.54 Å². The Labute approximate surface area is 87.5 Å². The molecule has 0 unspecified atom stereocenters. The molecule has 0 saturated carbocycles. The summed E-state index contributed by atoms with van der Waals surface area (Å²) in [4.78, 5) is 14.2. The van der Waals surface area contributed by atoms with Gasteiger partial charge in [0.25, 0.3) is 5.91 Å². The van der Waals surface area contributed by atoms with Crippen molar-refractivity contribution in [3.8, 4) is 0 Å². The Morgan fingerprint density at radius 2 is 2.53 bits per heavy atom. The van der Waals surface area contributed by atoms with Gasteiger partial charge < -0.3 is 9.88 Å². The second kappa shape index (κ2) is 5.72. The van der Waals surface area contributed by atoms with Crippen LogP contribution < -0.4 is 5.32 Å². The zero-order valence-corrected chi connectivity index (χ0v) is 8.55. The molecule has 6 heteroatoms. The number of carbonyl (C=O) groups is 1. The summed E-state index contributed by atoms with van der Waals surface area (Å²) in [5.41, 5.74) is 8.66. The van der Waals surface area contributed by atoms with E-state index in [0.717, 1.165) is 6.54 Å². The van der Waals surface area contributed by atoms with Crippen molar-refractivity contribution in [3.63, 3.8) is 0 Å². The van der Waals surface area contributed by atoms with E-state index in [9.17, 15) is 4.79 Å². The van der Waals surface area contributed by atoms with Crippen LogP contribution in [-0.4, -0.2) is 23.6 Å². The molecule has 0 atom stereocenters. The highest BCUT2D eigenvalue weighted by Crippen LogP contribution is 2.01. The summed E-state index contributed by atoms with van der Waals surface area (Å²) in [6.07, 6.45) is 1.85. The van der Waals surface area contributed by atoms with Crippen molar-refractivity contribution in [2.45, 2.75) is 13.5 Å². The van der Waals surface area contributed by atoms with Gasteiger partial charge in [-0.3, -0.25) is 4.79 Å². The van der Waals surface area contributed by atoms with Crippen LogP contribution >= 0.6 is 0 Å². The van der Waals surface area contributed by atoms with Gasteiger partial charge in [0.2, 0.25) is 0 Å². The predicted molar refractivity (Wildman–Crippen MR) is 56.5 cm³/mol. The van der Waals surface area contributed by atoms with E-state index in [1.54, 1.807) is 6.07 Å². The lowest BCUT2D eigenvalue weighted by Gasteiger charge is -2.06. The van der Waals surface area contributed by atoms with Crippen molar-refractivity contribution in [2.24, 2.45) is 5.11 Å². The zero-order valence-electron chi connectivity index (χ0n) is 8.55. The van der Waals surface area contributed by atoms with Gasteiger partial charge in [0, 0.05) is 30.7 Å². The molecule has 1 amide bonds. The molecule has 1 aromatic heterocycles. The Kier molecular flexibility index (Phi) is 4.25. The molecule has 0 aliphatic rings. The number of aromatic nitrogens is 1. The molecule has 0 aliphatic carbocycles. The smallest absolute Gasteiger partial charge is 0.267 e. The maximum Gasteiger partial charge on any atom is 0.267 e. The second-order valence-corrected chi connectivity index (χ2v) is 2.89. The SMILES string of the molecule is CCn1cccc1C(=O)NCCN=[N+]=[N-]. The van der Waals surface area contributed by atoms with Crippen LogP contribution in [0.2, 0.25) is 0 Å². The molecule has 0 bridgehead atoms. The maximum atomic E-state index is 11.6. The van der Waals surface area contributed by atoms with Crippen molar-refractivity contribution >= 4 is 5.91 Å². The van der Waals surface area contributed by atoms with E-state index < -0.39 is 0 Å². The Morgan fingerprint density at radius 1 is 1.73 bits per heavy atom. The molecule has 1 N–H and O–H groups in total. The molecule has 0 saturated heterocycles. The van der Waals surface area contributed by atoms with Crippen molar-refractivity contribution in [1.29, 1.82) is 0 Å². The second-order valence-electron chi connectivity index (χ2n) is 2.89. The van der Waals surface area contributed by atoms with Crippen LogP contribution in [0.15, 0.2) is 23.4 Å². The van der Waals surface area contributed by atoms with Gasteiger partial charge >= 0.3 is 0 Å². The van der Waals surface area contributed by atoms with E-state index in [-0.39, 0.29) is 12.5 Å². The molecule has 1 aromatic rings. The average molecular weight is 207 g/mol. The van der Waals surface area contributed by atoms with Gasteiger partial charge in [0.1, 0.15) is 5.69 Å². The molecule has 0 radical (unpaired) electrons. The molecule has 6 nitrogen and oxygen atoms in total. The molecule has 1 heterocycles. The number of azide groups is 1. The number of carbonyl (C=O) groups excluding carboxylic acids is 1. The van der Waals surface area contributed by atoms with Crippen LogP contribution in [0, 0.1) is 0 Å². The van der Waals surface area contributed by atoms with Crippen LogP contribution in [0.25, 0.3) is 10.4 Å². The topological polar surface area (TPSA) is 82.8 Å². The summed E-state index contributed by atoms with van der Waals surface area (Å²) in [7, 11) is 0. The van der Waals surface area contributed by atoms with E-state index in [0.29, 0.717) is 12.2 Å². The van der Waals surface area contributed by atoms with Gasteiger partial charge in [-0.2, -0.15) is 0 Å². The normalized spacial score (nSPS) is 9.40. The molecule has 0 spiro atoms. The van der Waals surface area contributed by atoms with Gasteiger partial charge in [0.15, 0.2) is 0 Å². The van der Waals surface area contributed by atoms with Crippen molar-refractivity contribution in [3.05, 3.63) is 34.5 Å². The van der Waals surface area contributed by atoms with Crippen LogP contribution in [0.5, 0.6) is 0 Å². The van der Waals surface area contributed by atoms with Crippen molar-refractivity contribution in [2.75, 3.05) is 13.1 Å². The fourth-order valence-corrected chi connectivity index (χ4v) is 1.25. The van der Waals surface area contributed by atoms with Gasteiger partial charge in [-0.1, -0.05) is 5.11 Å². The Hall–Kier alpha value is -1.94. The monoisotopic (exact) mass is 207 g/mol. The van der Waals surface area contributed by atoms with Crippen molar-refractivity contribution < 1.29 is 4.79 Å². The minimum atomic E-state index is -0.144. The number of hydrogen-bond acceptors (Lipinski definition) is 2. The number of nitrogens with zero attached hydrogens (tertiary/aromatic N) is 4. The molecular weight excluding hydrogens is 194 g/mol. The van der Waals surface area contributed by atoms with Gasteiger partial charge in [-0.05, 0) is 24.6 Å². The lowest BCUT2D eigenvalue weighted by molar-refractivity contribution is 0.0945. The van der Waals surface area contributed by atoms with Gasteiger partial charge in [-0.15, -0.1) is 0 Å². The quantitative estimate of drug-likeness (QED) is 0.338. The lowest BCUT2D eigenvalue weighted by Crippen LogP contribution is -2.27. The molecule has 1 rings (SSSR count). The van der Waals surface area contributed by atoms with Crippen LogP contribution in [0.1, 0.15) is 17.4 Å². The summed E-state index contributed by atoms with van der Waals surface area (Å²) in [6.45, 7) is 3.36. The van der Waals surface area contributed by atoms with Gasteiger partial charge in [-0.25, -0.2) is 0 Å². The molecular formula is C9H13N5O. The van der Waals surface area contributed by atoms with E-state index in [1.807, 2.05) is 23.8 Å². The Morgan fingerprint density at radius 3 is 3.20 bits per heavy atom. The molecule has 80 valence electrons. The lowest BCUT2D eigenvalue weighted by atomic mass is 10.4. The largest absolute Gasteiger partial charge is 0.351 e. The summed E-state index contributed by atoms with van der Waals surface area (Å²) >= 11 is 0. The minimum Gasteiger partial charge on any atom is -0.351 e. The minimum absolute atomic E-state index is 0.144. The Bertz CT molecular complexity index is 378. The first-order valence-electron chi connectivity index (χ1n) is 4.73. The first-order valence-corrected chi connectivity index (χ1v) is 4.73. The number of nitrogens with one attached hydrogen (secondary N) is 1. The van der Waals surface area contributed by atoms with Gasteiger partial charge in [0.05, 0.1) is 0 Å². The van der Waals surface area contributed by atoms with Crippen LogP contribution in [0.3, 0.4) is 0 Å². The third kappa shape index (κ3) is 3.03.